The van der Waals surface area contributed by atoms with Gasteiger partial charge >= 0.3 is 0 Å². The third-order valence-corrected chi connectivity index (χ3v) is 5.47. The zero-order valence-corrected chi connectivity index (χ0v) is 17.3. The van der Waals surface area contributed by atoms with E-state index in [0.717, 1.165) is 23.5 Å². The standard InChI is InChI=1S/C23H18F2N2O3S/c1-2-10-30-16-6-3-5-15(13-16)26-21-20(19-7-4-11-31-19)22(28)27(23(21)29)18-9-8-14(24)12-17(18)25/h3-9,11-13,26H,2,10H2,1H3. The highest BCUT2D eigenvalue weighted by molar-refractivity contribution is 7.11. The van der Waals surface area contributed by atoms with E-state index in [1.165, 1.54) is 11.3 Å². The first-order valence-corrected chi connectivity index (χ1v) is 10.5. The van der Waals surface area contributed by atoms with E-state index in [0.29, 0.717) is 29.0 Å². The summed E-state index contributed by atoms with van der Waals surface area (Å²) >= 11 is 1.28. The van der Waals surface area contributed by atoms with Crippen molar-refractivity contribution in [3.8, 4) is 5.75 Å². The van der Waals surface area contributed by atoms with Crippen molar-refractivity contribution in [2.75, 3.05) is 16.8 Å². The van der Waals surface area contributed by atoms with E-state index in [9.17, 15) is 18.4 Å². The van der Waals surface area contributed by atoms with Crippen molar-refractivity contribution in [2.45, 2.75) is 13.3 Å². The van der Waals surface area contributed by atoms with Crippen LogP contribution < -0.4 is 15.0 Å². The number of halogens is 2. The largest absolute Gasteiger partial charge is 0.494 e. The number of carbonyl (C=O) groups is 2. The van der Waals surface area contributed by atoms with Gasteiger partial charge in [0.05, 0.1) is 17.9 Å². The molecule has 2 amide bonds. The third kappa shape index (κ3) is 4.06. The number of nitrogens with zero attached hydrogens (tertiary/aromatic N) is 1. The van der Waals surface area contributed by atoms with Gasteiger partial charge in [-0.3, -0.25) is 9.59 Å². The second kappa shape index (κ2) is 8.69. The quantitative estimate of drug-likeness (QED) is 0.513. The Morgan fingerprint density at radius 1 is 1.03 bits per heavy atom. The summed E-state index contributed by atoms with van der Waals surface area (Å²) in [7, 11) is 0. The van der Waals surface area contributed by atoms with E-state index >= 15 is 0 Å². The highest BCUT2D eigenvalue weighted by Gasteiger charge is 2.41. The summed E-state index contributed by atoms with van der Waals surface area (Å²) in [5.41, 5.74) is 0.384. The predicted octanol–water partition coefficient (Wildman–Crippen LogP) is 5.21. The number of hydrogen-bond donors (Lipinski definition) is 1. The van der Waals surface area contributed by atoms with E-state index in [1.807, 2.05) is 6.92 Å². The van der Waals surface area contributed by atoms with Crippen molar-refractivity contribution in [2.24, 2.45) is 0 Å². The molecule has 31 heavy (non-hydrogen) atoms. The highest BCUT2D eigenvalue weighted by atomic mass is 32.1. The number of benzene rings is 2. The fraction of sp³-hybridized carbons (Fsp3) is 0.130. The van der Waals surface area contributed by atoms with E-state index in [-0.39, 0.29) is 17.0 Å². The molecular weight excluding hydrogens is 422 g/mol. The summed E-state index contributed by atoms with van der Waals surface area (Å²) in [6, 6.07) is 13.2. The number of anilines is 2. The van der Waals surface area contributed by atoms with Crippen molar-refractivity contribution >= 4 is 40.1 Å². The van der Waals surface area contributed by atoms with E-state index in [2.05, 4.69) is 5.32 Å². The van der Waals surface area contributed by atoms with Crippen LogP contribution in [0.4, 0.5) is 20.2 Å². The average Bonchev–Trinajstić information content (AvgIpc) is 3.35. The van der Waals surface area contributed by atoms with Gasteiger partial charge in [0.2, 0.25) is 0 Å². The van der Waals surface area contributed by atoms with Gasteiger partial charge in [-0.25, -0.2) is 13.7 Å². The molecule has 1 aliphatic rings. The first kappa shape index (κ1) is 20.7. The molecular formula is C23H18F2N2O3S. The van der Waals surface area contributed by atoms with Gasteiger partial charge < -0.3 is 10.1 Å². The number of carbonyl (C=O) groups excluding carboxylic acids is 2. The summed E-state index contributed by atoms with van der Waals surface area (Å²) in [6.45, 7) is 2.54. The van der Waals surface area contributed by atoms with Crippen molar-refractivity contribution < 1.29 is 23.1 Å². The molecule has 3 aromatic rings. The predicted molar refractivity (Wildman–Crippen MR) is 116 cm³/mol. The molecule has 0 fully saturated rings. The Hall–Kier alpha value is -3.52. The second-order valence-electron chi connectivity index (χ2n) is 6.77. The number of thiophene rings is 1. The molecule has 0 saturated carbocycles. The van der Waals surface area contributed by atoms with Crippen LogP contribution in [-0.4, -0.2) is 18.4 Å². The van der Waals surface area contributed by atoms with E-state index in [1.54, 1.807) is 41.8 Å². The van der Waals surface area contributed by atoms with Gasteiger partial charge in [-0.2, -0.15) is 0 Å². The molecule has 8 heteroatoms. The molecule has 1 aromatic heterocycles. The van der Waals surface area contributed by atoms with Crippen LogP contribution in [0.25, 0.3) is 5.57 Å². The number of nitrogens with one attached hydrogen (secondary N) is 1. The van der Waals surface area contributed by atoms with Crippen LogP contribution in [0.5, 0.6) is 5.75 Å². The molecule has 0 unspecified atom stereocenters. The maximum Gasteiger partial charge on any atom is 0.282 e. The lowest BCUT2D eigenvalue weighted by Gasteiger charge is -2.16. The van der Waals surface area contributed by atoms with Gasteiger partial charge in [-0.1, -0.05) is 19.1 Å². The minimum absolute atomic E-state index is 0.0174. The molecule has 158 valence electrons. The lowest BCUT2D eigenvalue weighted by Crippen LogP contribution is -2.33. The van der Waals surface area contributed by atoms with Gasteiger partial charge in [0, 0.05) is 22.7 Å². The number of ether oxygens (including phenoxy) is 1. The van der Waals surface area contributed by atoms with Crippen molar-refractivity contribution in [1.82, 2.24) is 0 Å². The van der Waals surface area contributed by atoms with Gasteiger partial charge in [0.25, 0.3) is 11.8 Å². The van der Waals surface area contributed by atoms with E-state index in [4.69, 9.17) is 4.74 Å². The first-order chi connectivity index (χ1) is 15.0. The molecule has 1 aliphatic heterocycles. The third-order valence-electron chi connectivity index (χ3n) is 4.58. The minimum atomic E-state index is -0.997. The Kier molecular flexibility index (Phi) is 5.81. The normalized spacial score (nSPS) is 13.8. The lowest BCUT2D eigenvalue weighted by molar-refractivity contribution is -0.120. The van der Waals surface area contributed by atoms with Crippen LogP contribution in [0.15, 0.2) is 65.7 Å². The molecule has 2 aromatic carbocycles. The molecule has 2 heterocycles. The maximum atomic E-state index is 14.4. The summed E-state index contributed by atoms with van der Waals surface area (Å²) < 4.78 is 33.4. The minimum Gasteiger partial charge on any atom is -0.494 e. The summed E-state index contributed by atoms with van der Waals surface area (Å²) in [6.07, 6.45) is 0.844. The molecule has 0 radical (unpaired) electrons. The molecule has 4 rings (SSSR count). The second-order valence-corrected chi connectivity index (χ2v) is 7.72. The van der Waals surface area contributed by atoms with Crippen molar-refractivity contribution in [3.05, 3.63) is 82.2 Å². The monoisotopic (exact) mass is 440 g/mol. The number of hydrogen-bond acceptors (Lipinski definition) is 5. The van der Waals surface area contributed by atoms with Crippen LogP contribution in [0.2, 0.25) is 0 Å². The topological polar surface area (TPSA) is 58.6 Å². The maximum absolute atomic E-state index is 14.4. The summed E-state index contributed by atoms with van der Waals surface area (Å²) in [4.78, 5) is 27.7. The molecule has 5 nitrogen and oxygen atoms in total. The van der Waals surface area contributed by atoms with Gasteiger partial charge in [-0.05, 0) is 42.1 Å². The van der Waals surface area contributed by atoms with Crippen LogP contribution in [0.1, 0.15) is 18.2 Å². The Morgan fingerprint density at radius 3 is 2.58 bits per heavy atom. The Bertz CT molecular complexity index is 1180. The zero-order valence-electron chi connectivity index (χ0n) is 16.5. The first-order valence-electron chi connectivity index (χ1n) is 9.61. The molecule has 0 bridgehead atoms. The Labute approximate surface area is 181 Å². The highest BCUT2D eigenvalue weighted by Crippen LogP contribution is 2.36. The number of amides is 2. The lowest BCUT2D eigenvalue weighted by atomic mass is 10.2. The van der Waals surface area contributed by atoms with Crippen LogP contribution in [0.3, 0.4) is 0 Å². The smallest absolute Gasteiger partial charge is 0.282 e. The van der Waals surface area contributed by atoms with Crippen molar-refractivity contribution in [3.63, 3.8) is 0 Å². The molecule has 1 N–H and O–H groups in total. The Morgan fingerprint density at radius 2 is 1.87 bits per heavy atom. The summed E-state index contributed by atoms with van der Waals surface area (Å²) in [5.74, 6) is -2.58. The molecule has 0 atom stereocenters. The van der Waals surface area contributed by atoms with Crippen LogP contribution in [-0.2, 0) is 9.59 Å². The fourth-order valence-electron chi connectivity index (χ4n) is 3.20. The number of imide groups is 1. The van der Waals surface area contributed by atoms with Gasteiger partial charge in [0.15, 0.2) is 0 Å². The van der Waals surface area contributed by atoms with Crippen LogP contribution in [0, 0.1) is 11.6 Å². The Balaban J connectivity index is 1.74. The zero-order chi connectivity index (χ0) is 22.0. The SMILES string of the molecule is CCCOc1cccc(NC2=C(c3cccs3)C(=O)N(c3ccc(F)cc3F)C2=O)c1. The van der Waals surface area contributed by atoms with Gasteiger partial charge in [-0.15, -0.1) is 11.3 Å². The average molecular weight is 440 g/mol. The van der Waals surface area contributed by atoms with Crippen LogP contribution >= 0.6 is 11.3 Å². The fourth-order valence-corrected chi connectivity index (χ4v) is 3.97. The molecule has 0 spiro atoms. The van der Waals surface area contributed by atoms with Crippen molar-refractivity contribution in [1.29, 1.82) is 0 Å². The number of rotatable bonds is 7. The molecule has 0 aliphatic carbocycles. The van der Waals surface area contributed by atoms with Gasteiger partial charge in [0.1, 0.15) is 23.1 Å². The van der Waals surface area contributed by atoms with E-state index < -0.39 is 23.4 Å². The molecule has 0 saturated heterocycles. The summed E-state index contributed by atoms with van der Waals surface area (Å²) in [5, 5.41) is 4.78.